The van der Waals surface area contributed by atoms with Gasteiger partial charge in [0.2, 0.25) is 0 Å². The summed E-state index contributed by atoms with van der Waals surface area (Å²) in [6, 6.07) is 20.3. The Morgan fingerprint density at radius 1 is 1.00 bits per heavy atom. The van der Waals surface area contributed by atoms with Crippen molar-refractivity contribution in [2.45, 2.75) is 46.0 Å². The normalized spacial score (nSPS) is 14.1. The minimum Gasteiger partial charge on any atom is -0.382 e. The first-order valence-electron chi connectivity index (χ1n) is 9.44. The van der Waals surface area contributed by atoms with Crippen LogP contribution in [0.2, 0.25) is 0 Å². The van der Waals surface area contributed by atoms with E-state index >= 15 is 0 Å². The van der Waals surface area contributed by atoms with E-state index in [9.17, 15) is 5.11 Å². The first-order valence-corrected chi connectivity index (χ1v) is 10.8. The fraction of sp³-hybridized carbons (Fsp3) is 0.391. The highest BCUT2D eigenvalue weighted by Gasteiger charge is 2.26. The van der Waals surface area contributed by atoms with Crippen LogP contribution in [-0.2, 0) is 9.16 Å². The Balaban J connectivity index is 2.12. The van der Waals surface area contributed by atoms with E-state index in [0.29, 0.717) is 13.0 Å². The number of aliphatic hydroxyl groups excluding tert-OH is 1. The van der Waals surface area contributed by atoms with Crippen LogP contribution in [0.3, 0.4) is 0 Å². The summed E-state index contributed by atoms with van der Waals surface area (Å²) in [7, 11) is -1.53. The summed E-state index contributed by atoms with van der Waals surface area (Å²) in [5.41, 5.74) is 0.109. The van der Waals surface area contributed by atoms with Crippen molar-refractivity contribution in [2.75, 3.05) is 6.61 Å². The maximum Gasteiger partial charge on any atom is 0.285 e. The van der Waals surface area contributed by atoms with Gasteiger partial charge >= 0.3 is 0 Å². The van der Waals surface area contributed by atoms with E-state index in [-0.39, 0.29) is 11.5 Å². The minimum absolute atomic E-state index is 0.0761. The first kappa shape index (κ1) is 21.6. The molecule has 2 aromatic carbocycles. The summed E-state index contributed by atoms with van der Waals surface area (Å²) in [6.07, 6.45) is 2.08. The summed E-state index contributed by atoms with van der Waals surface area (Å²) < 4.78 is 12.1. The summed E-state index contributed by atoms with van der Waals surface area (Å²) in [6.45, 7) is 10.7. The van der Waals surface area contributed by atoms with E-state index in [4.69, 9.17) is 9.16 Å². The fourth-order valence-electron chi connectivity index (χ4n) is 2.99. The van der Waals surface area contributed by atoms with Gasteiger partial charge in [0.15, 0.2) is 0 Å². The van der Waals surface area contributed by atoms with Crippen LogP contribution in [0.15, 0.2) is 73.3 Å². The molecule has 0 saturated carbocycles. The molecule has 145 valence electrons. The second-order valence-corrected chi connectivity index (χ2v) is 9.93. The standard InChI is InChI=1S/C23H31O3Si/c1-5-16-25-19(18-23(2,3)4)17-22(24)26-27(20-12-8-6-9-13-20)21-14-10-7-11-15-21/h5-15,19,22,24H,1,16-18H2,2-4H3. The molecule has 1 radical (unpaired) electrons. The molecule has 4 heteroatoms. The van der Waals surface area contributed by atoms with Gasteiger partial charge in [-0.25, -0.2) is 0 Å². The summed E-state index contributed by atoms with van der Waals surface area (Å²) in [5, 5.41) is 12.9. The van der Waals surface area contributed by atoms with Crippen molar-refractivity contribution in [1.82, 2.24) is 0 Å². The first-order chi connectivity index (χ1) is 12.9. The van der Waals surface area contributed by atoms with Crippen molar-refractivity contribution in [2.24, 2.45) is 5.41 Å². The van der Waals surface area contributed by atoms with Gasteiger partial charge in [0, 0.05) is 6.42 Å². The molecule has 0 aliphatic rings. The molecule has 0 saturated heterocycles. The van der Waals surface area contributed by atoms with Crippen molar-refractivity contribution in [1.29, 1.82) is 0 Å². The third-order valence-electron chi connectivity index (χ3n) is 4.08. The Hall–Kier alpha value is -1.72. The number of aliphatic hydroxyl groups is 1. The van der Waals surface area contributed by atoms with Crippen molar-refractivity contribution in [3.8, 4) is 0 Å². The quantitative estimate of drug-likeness (QED) is 0.388. The monoisotopic (exact) mass is 383 g/mol. The Morgan fingerprint density at radius 2 is 1.52 bits per heavy atom. The van der Waals surface area contributed by atoms with E-state index in [1.54, 1.807) is 6.08 Å². The molecular weight excluding hydrogens is 352 g/mol. The Bertz CT molecular complexity index is 628. The van der Waals surface area contributed by atoms with Crippen LogP contribution in [-0.4, -0.2) is 33.1 Å². The van der Waals surface area contributed by atoms with Gasteiger partial charge in [-0.2, -0.15) is 0 Å². The summed E-state index contributed by atoms with van der Waals surface area (Å²) in [5.74, 6) is 0. The smallest absolute Gasteiger partial charge is 0.285 e. The van der Waals surface area contributed by atoms with Gasteiger partial charge in [0.25, 0.3) is 9.04 Å². The molecule has 0 aliphatic carbocycles. The second-order valence-electron chi connectivity index (χ2n) is 7.88. The molecule has 0 fully saturated rings. The van der Waals surface area contributed by atoms with Gasteiger partial charge in [-0.15, -0.1) is 6.58 Å². The molecular formula is C23H31O3Si. The number of hydrogen-bond acceptors (Lipinski definition) is 3. The maximum absolute atomic E-state index is 10.7. The third kappa shape index (κ3) is 7.81. The molecule has 1 N–H and O–H groups in total. The molecule has 0 heterocycles. The molecule has 0 aliphatic heterocycles. The van der Waals surface area contributed by atoms with Gasteiger partial charge in [-0.3, -0.25) is 0 Å². The predicted octanol–water partition coefficient (Wildman–Crippen LogP) is 3.52. The van der Waals surface area contributed by atoms with E-state index in [1.807, 2.05) is 36.4 Å². The molecule has 2 unspecified atom stereocenters. The van der Waals surface area contributed by atoms with Crippen LogP contribution >= 0.6 is 0 Å². The molecule has 27 heavy (non-hydrogen) atoms. The molecule has 0 aromatic heterocycles. The van der Waals surface area contributed by atoms with Gasteiger partial charge < -0.3 is 14.3 Å². The van der Waals surface area contributed by atoms with Crippen molar-refractivity contribution in [3.05, 3.63) is 73.3 Å². The predicted molar refractivity (Wildman–Crippen MR) is 114 cm³/mol. The van der Waals surface area contributed by atoms with Crippen LogP contribution in [0.5, 0.6) is 0 Å². The molecule has 2 aromatic rings. The van der Waals surface area contributed by atoms with E-state index in [2.05, 4.69) is 51.6 Å². The lowest BCUT2D eigenvalue weighted by Gasteiger charge is -2.28. The van der Waals surface area contributed by atoms with Crippen molar-refractivity contribution in [3.63, 3.8) is 0 Å². The lowest BCUT2D eigenvalue weighted by molar-refractivity contribution is -0.0715. The van der Waals surface area contributed by atoms with Gasteiger partial charge in [-0.1, -0.05) is 87.5 Å². The lowest BCUT2D eigenvalue weighted by atomic mass is 9.88. The highest BCUT2D eigenvalue weighted by atomic mass is 28.3. The van der Waals surface area contributed by atoms with Gasteiger partial charge in [-0.05, 0) is 22.2 Å². The fourth-order valence-corrected chi connectivity index (χ4v) is 4.95. The van der Waals surface area contributed by atoms with Gasteiger partial charge in [0.1, 0.15) is 6.29 Å². The highest BCUT2D eigenvalue weighted by Crippen LogP contribution is 2.25. The second kappa shape index (κ2) is 10.6. The molecule has 2 rings (SSSR count). The van der Waals surface area contributed by atoms with E-state index in [1.165, 1.54) is 0 Å². The van der Waals surface area contributed by atoms with Crippen LogP contribution in [0.25, 0.3) is 0 Å². The largest absolute Gasteiger partial charge is 0.382 e. The number of rotatable bonds is 10. The zero-order chi connectivity index (χ0) is 19.7. The van der Waals surface area contributed by atoms with E-state index < -0.39 is 15.3 Å². The van der Waals surface area contributed by atoms with Crippen LogP contribution in [0.4, 0.5) is 0 Å². The Kier molecular flexibility index (Phi) is 8.45. The molecule has 0 bridgehead atoms. The van der Waals surface area contributed by atoms with E-state index in [0.717, 1.165) is 16.8 Å². The Morgan fingerprint density at radius 3 is 1.96 bits per heavy atom. The van der Waals surface area contributed by atoms with Gasteiger partial charge in [0.05, 0.1) is 12.7 Å². The SMILES string of the molecule is C=CCOC(CC(O)O[Si](c1ccccc1)c1ccccc1)CC(C)(C)C. The van der Waals surface area contributed by atoms with Crippen LogP contribution < -0.4 is 10.4 Å². The van der Waals surface area contributed by atoms with Crippen molar-refractivity contribution < 1.29 is 14.3 Å². The Labute approximate surface area is 165 Å². The van der Waals surface area contributed by atoms with Crippen LogP contribution in [0, 0.1) is 5.41 Å². The molecule has 2 atom stereocenters. The number of benzene rings is 2. The number of hydrogen-bond donors (Lipinski definition) is 1. The molecule has 3 nitrogen and oxygen atoms in total. The minimum atomic E-state index is -1.53. The zero-order valence-corrected chi connectivity index (χ0v) is 17.6. The maximum atomic E-state index is 10.7. The topological polar surface area (TPSA) is 38.7 Å². The summed E-state index contributed by atoms with van der Waals surface area (Å²) >= 11 is 0. The zero-order valence-electron chi connectivity index (χ0n) is 16.6. The average molecular weight is 384 g/mol. The van der Waals surface area contributed by atoms with Crippen molar-refractivity contribution >= 4 is 19.4 Å². The van der Waals surface area contributed by atoms with Crippen LogP contribution in [0.1, 0.15) is 33.6 Å². The molecule has 0 spiro atoms. The average Bonchev–Trinajstić information content (AvgIpc) is 2.64. The number of ether oxygens (including phenoxy) is 1. The summed E-state index contributed by atoms with van der Waals surface area (Å²) in [4.78, 5) is 0. The lowest BCUT2D eigenvalue weighted by Crippen LogP contribution is -2.47. The molecule has 0 amide bonds. The third-order valence-corrected chi connectivity index (χ3v) is 6.30. The highest BCUT2D eigenvalue weighted by molar-refractivity contribution is 6.80.